The summed E-state index contributed by atoms with van der Waals surface area (Å²) in [6.45, 7) is 5.39. The number of rotatable bonds is 5. The van der Waals surface area contributed by atoms with Crippen LogP contribution in [0.3, 0.4) is 0 Å². The lowest BCUT2D eigenvalue weighted by molar-refractivity contribution is -0.155. The van der Waals surface area contributed by atoms with Gasteiger partial charge >= 0.3 is 0 Å². The zero-order chi connectivity index (χ0) is 18.8. The predicted molar refractivity (Wildman–Crippen MR) is 90.0 cm³/mol. The van der Waals surface area contributed by atoms with Crippen molar-refractivity contribution in [2.24, 2.45) is 17.8 Å². The molecule has 0 unspecified atom stereocenters. The lowest BCUT2D eigenvalue weighted by Crippen LogP contribution is -2.57. The number of carbonyl (C=O) groups excluding carboxylic acids is 2. The van der Waals surface area contributed by atoms with Crippen molar-refractivity contribution in [3.05, 3.63) is 35.4 Å². The topological polar surface area (TPSA) is 66.4 Å². The van der Waals surface area contributed by atoms with E-state index in [2.05, 4.69) is 5.32 Å². The van der Waals surface area contributed by atoms with Gasteiger partial charge in [0.1, 0.15) is 5.60 Å². The van der Waals surface area contributed by atoms with Gasteiger partial charge in [-0.2, -0.15) is 0 Å². The lowest BCUT2D eigenvalue weighted by atomic mass is 9.66. The molecule has 1 aliphatic carbocycles. The number of hydrogen-bond donors (Lipinski definition) is 2. The first-order valence-corrected chi connectivity index (χ1v) is 8.64. The molecule has 0 saturated heterocycles. The van der Waals surface area contributed by atoms with Crippen LogP contribution in [0.2, 0.25) is 0 Å². The van der Waals surface area contributed by atoms with Gasteiger partial charge in [-0.15, -0.1) is 0 Å². The van der Waals surface area contributed by atoms with Crippen molar-refractivity contribution in [3.8, 4) is 0 Å². The van der Waals surface area contributed by atoms with E-state index >= 15 is 0 Å². The van der Waals surface area contributed by atoms with Crippen molar-refractivity contribution < 1.29 is 23.5 Å². The van der Waals surface area contributed by atoms with Crippen LogP contribution in [0.15, 0.2) is 18.2 Å². The van der Waals surface area contributed by atoms with Gasteiger partial charge in [0.05, 0.1) is 12.1 Å². The normalized spacial score (nSPS) is 26.5. The Bertz CT molecular complexity index is 662. The van der Waals surface area contributed by atoms with E-state index in [0.717, 1.165) is 18.9 Å². The third-order valence-corrected chi connectivity index (χ3v) is 5.10. The molecule has 1 fully saturated rings. The molecule has 0 bridgehead atoms. The Morgan fingerprint density at radius 3 is 2.64 bits per heavy atom. The van der Waals surface area contributed by atoms with E-state index < -0.39 is 41.0 Å². The second-order valence-electron chi connectivity index (χ2n) is 7.37. The number of amides is 1. The molecule has 0 aromatic heterocycles. The van der Waals surface area contributed by atoms with Crippen molar-refractivity contribution in [1.29, 1.82) is 0 Å². The molecule has 138 valence electrons. The van der Waals surface area contributed by atoms with E-state index in [4.69, 9.17) is 0 Å². The maximum Gasteiger partial charge on any atom is 0.252 e. The number of ketones is 1. The van der Waals surface area contributed by atoms with E-state index in [1.165, 1.54) is 12.1 Å². The summed E-state index contributed by atoms with van der Waals surface area (Å²) in [7, 11) is 0. The molecule has 3 atom stereocenters. The van der Waals surface area contributed by atoms with E-state index in [-0.39, 0.29) is 17.8 Å². The van der Waals surface area contributed by atoms with Gasteiger partial charge in [0.2, 0.25) is 0 Å². The molecule has 6 heteroatoms. The summed E-state index contributed by atoms with van der Waals surface area (Å²) in [6.07, 6.45) is 1.99. The second kappa shape index (κ2) is 7.60. The molecule has 2 N–H and O–H groups in total. The summed E-state index contributed by atoms with van der Waals surface area (Å²) in [5.74, 6) is -3.60. The fourth-order valence-electron chi connectivity index (χ4n) is 3.76. The molecule has 1 aliphatic rings. The molecule has 1 amide bonds. The second-order valence-corrected chi connectivity index (χ2v) is 7.37. The summed E-state index contributed by atoms with van der Waals surface area (Å²) in [5, 5.41) is 13.4. The van der Waals surface area contributed by atoms with Gasteiger partial charge in [0.15, 0.2) is 17.4 Å². The monoisotopic (exact) mass is 353 g/mol. The van der Waals surface area contributed by atoms with Gasteiger partial charge in [0, 0.05) is 0 Å². The van der Waals surface area contributed by atoms with Gasteiger partial charge in [-0.1, -0.05) is 33.3 Å². The van der Waals surface area contributed by atoms with Crippen molar-refractivity contribution in [2.75, 3.05) is 6.54 Å². The number of carbonyl (C=O) groups is 2. The van der Waals surface area contributed by atoms with Crippen LogP contribution in [0.5, 0.6) is 0 Å². The Morgan fingerprint density at radius 2 is 2.00 bits per heavy atom. The van der Waals surface area contributed by atoms with E-state index in [9.17, 15) is 23.5 Å². The Kier molecular flexibility index (Phi) is 5.93. The van der Waals surface area contributed by atoms with Crippen molar-refractivity contribution >= 4 is 11.7 Å². The Balaban J connectivity index is 2.09. The summed E-state index contributed by atoms with van der Waals surface area (Å²) < 4.78 is 26.9. The van der Waals surface area contributed by atoms with Gasteiger partial charge in [-0.25, -0.2) is 8.78 Å². The highest BCUT2D eigenvalue weighted by molar-refractivity contribution is 6.00. The van der Waals surface area contributed by atoms with Gasteiger partial charge < -0.3 is 10.4 Å². The minimum atomic E-state index is -1.55. The number of aliphatic hydroxyl groups is 1. The van der Waals surface area contributed by atoms with Crippen LogP contribution in [0.4, 0.5) is 8.78 Å². The first-order valence-electron chi connectivity index (χ1n) is 8.64. The third kappa shape index (κ3) is 4.06. The van der Waals surface area contributed by atoms with Crippen LogP contribution >= 0.6 is 0 Å². The first-order chi connectivity index (χ1) is 11.7. The van der Waals surface area contributed by atoms with Crippen LogP contribution in [0.25, 0.3) is 0 Å². The average Bonchev–Trinajstić information content (AvgIpc) is 2.54. The van der Waals surface area contributed by atoms with Crippen molar-refractivity contribution in [1.82, 2.24) is 5.32 Å². The number of hydrogen-bond acceptors (Lipinski definition) is 3. The summed E-state index contributed by atoms with van der Waals surface area (Å²) >= 11 is 0. The summed E-state index contributed by atoms with van der Waals surface area (Å²) in [5.41, 5.74) is -1.96. The number of Topliss-reactive ketones (excluding diaryl/α,β-unsaturated/α-hetero) is 1. The van der Waals surface area contributed by atoms with E-state index in [0.29, 0.717) is 6.42 Å². The fraction of sp³-hybridized carbons (Fsp3) is 0.579. The van der Waals surface area contributed by atoms with Crippen molar-refractivity contribution in [2.45, 2.75) is 45.6 Å². The largest absolute Gasteiger partial charge is 0.380 e. The van der Waals surface area contributed by atoms with Crippen LogP contribution < -0.4 is 5.32 Å². The SMILES string of the molecule is CC(C)[C@@H]1CC[C@@H](C)C[C@@]1(O)C(=O)NCC(=O)c1cccc(F)c1F. The molecule has 1 aromatic carbocycles. The highest BCUT2D eigenvalue weighted by Crippen LogP contribution is 2.41. The van der Waals surface area contributed by atoms with Crippen molar-refractivity contribution in [3.63, 3.8) is 0 Å². The highest BCUT2D eigenvalue weighted by atomic mass is 19.2. The number of halogens is 2. The molecular formula is C19H25F2NO3. The Morgan fingerprint density at radius 1 is 1.32 bits per heavy atom. The van der Waals surface area contributed by atoms with Crippen LogP contribution in [-0.2, 0) is 4.79 Å². The van der Waals surface area contributed by atoms with E-state index in [1.807, 2.05) is 20.8 Å². The fourth-order valence-corrected chi connectivity index (χ4v) is 3.76. The zero-order valence-electron chi connectivity index (χ0n) is 14.8. The first kappa shape index (κ1) is 19.5. The summed E-state index contributed by atoms with van der Waals surface area (Å²) in [4.78, 5) is 24.7. The zero-order valence-corrected chi connectivity index (χ0v) is 14.8. The molecule has 4 nitrogen and oxygen atoms in total. The molecule has 1 saturated carbocycles. The minimum Gasteiger partial charge on any atom is -0.380 e. The Labute approximate surface area is 146 Å². The maximum absolute atomic E-state index is 13.7. The molecular weight excluding hydrogens is 328 g/mol. The molecule has 0 radical (unpaired) electrons. The molecule has 1 aromatic rings. The van der Waals surface area contributed by atoms with E-state index in [1.54, 1.807) is 0 Å². The van der Waals surface area contributed by atoms with Gasteiger partial charge in [-0.3, -0.25) is 9.59 Å². The smallest absolute Gasteiger partial charge is 0.252 e. The number of benzene rings is 1. The quantitative estimate of drug-likeness (QED) is 0.800. The Hall–Kier alpha value is -1.82. The predicted octanol–water partition coefficient (Wildman–Crippen LogP) is 3.09. The molecule has 0 aliphatic heterocycles. The third-order valence-electron chi connectivity index (χ3n) is 5.10. The molecule has 2 rings (SSSR count). The minimum absolute atomic E-state index is 0.111. The highest BCUT2D eigenvalue weighted by Gasteiger charge is 2.48. The molecule has 0 spiro atoms. The van der Waals surface area contributed by atoms with Crippen LogP contribution in [0.1, 0.15) is 50.4 Å². The van der Waals surface area contributed by atoms with Crippen LogP contribution in [0, 0.1) is 29.4 Å². The van der Waals surface area contributed by atoms with Gasteiger partial charge in [0.25, 0.3) is 5.91 Å². The van der Waals surface area contributed by atoms with Crippen LogP contribution in [-0.4, -0.2) is 28.9 Å². The molecule has 25 heavy (non-hydrogen) atoms. The molecule has 0 heterocycles. The number of nitrogens with one attached hydrogen (secondary N) is 1. The lowest BCUT2D eigenvalue weighted by Gasteiger charge is -2.43. The standard InChI is InChI=1S/C19H25F2NO3/c1-11(2)14-8-7-12(3)9-19(14,25)18(24)22-10-16(23)13-5-4-6-15(20)17(13)21/h4-6,11-12,14,25H,7-10H2,1-3H3,(H,22,24)/t12-,14+,19+/m1/s1. The summed E-state index contributed by atoms with van der Waals surface area (Å²) in [6, 6.07) is 3.32. The van der Waals surface area contributed by atoms with Gasteiger partial charge in [-0.05, 0) is 42.7 Å². The average molecular weight is 353 g/mol. The maximum atomic E-state index is 13.7.